The Morgan fingerprint density at radius 3 is 2.58 bits per heavy atom. The summed E-state index contributed by atoms with van der Waals surface area (Å²) in [5, 5.41) is 3.01. The van der Waals surface area contributed by atoms with Crippen LogP contribution in [-0.2, 0) is 16.1 Å². The number of nitrogens with one attached hydrogen (secondary N) is 1. The van der Waals surface area contributed by atoms with Crippen molar-refractivity contribution in [1.29, 1.82) is 0 Å². The van der Waals surface area contributed by atoms with E-state index in [9.17, 15) is 9.59 Å². The second-order valence-electron chi connectivity index (χ2n) is 7.42. The van der Waals surface area contributed by atoms with Crippen molar-refractivity contribution in [2.24, 2.45) is 0 Å². The van der Waals surface area contributed by atoms with Gasteiger partial charge in [-0.2, -0.15) is 0 Å². The van der Waals surface area contributed by atoms with Crippen molar-refractivity contribution in [2.45, 2.75) is 24.9 Å². The smallest absolute Gasteiger partial charge is 0.326 e. The van der Waals surface area contributed by atoms with E-state index in [1.165, 1.54) is 10.5 Å². The van der Waals surface area contributed by atoms with E-state index >= 15 is 0 Å². The first-order valence-electron chi connectivity index (χ1n) is 9.37. The predicted octanol–water partition coefficient (Wildman–Crippen LogP) is 0.863. The quantitative estimate of drug-likeness (QED) is 0.809. The zero-order valence-corrected chi connectivity index (χ0v) is 15.0. The molecule has 3 heterocycles. The van der Waals surface area contributed by atoms with E-state index in [4.69, 9.17) is 4.74 Å². The SMILES string of the molecule is O=C1NC2(CCCN(Cc3ccccc3)C2)C(=O)N1CN1CCOCC1. The maximum Gasteiger partial charge on any atom is 0.326 e. The molecule has 1 unspecified atom stereocenters. The fraction of sp³-hybridized carbons (Fsp3) is 0.579. The number of ether oxygens (including phenoxy) is 1. The Labute approximate surface area is 153 Å². The molecule has 1 aromatic carbocycles. The number of carbonyl (C=O) groups excluding carboxylic acids is 2. The third kappa shape index (κ3) is 3.47. The Hall–Kier alpha value is -1.96. The highest BCUT2D eigenvalue weighted by atomic mass is 16.5. The molecule has 7 heteroatoms. The normalized spacial score (nSPS) is 27.9. The number of carbonyl (C=O) groups is 2. The van der Waals surface area contributed by atoms with Gasteiger partial charge in [-0.3, -0.25) is 14.6 Å². The van der Waals surface area contributed by atoms with E-state index in [-0.39, 0.29) is 11.9 Å². The number of benzene rings is 1. The third-order valence-electron chi connectivity index (χ3n) is 5.51. The van der Waals surface area contributed by atoms with Crippen molar-refractivity contribution in [3.05, 3.63) is 35.9 Å². The molecule has 3 amide bonds. The molecule has 1 aromatic rings. The molecule has 0 bridgehead atoms. The maximum absolute atomic E-state index is 13.1. The highest BCUT2D eigenvalue weighted by Gasteiger charge is 2.53. The van der Waals surface area contributed by atoms with E-state index in [0.717, 1.165) is 32.6 Å². The van der Waals surface area contributed by atoms with Crippen LogP contribution in [0.1, 0.15) is 18.4 Å². The average Bonchev–Trinajstić information content (AvgIpc) is 2.87. The van der Waals surface area contributed by atoms with E-state index in [0.29, 0.717) is 32.8 Å². The minimum Gasteiger partial charge on any atom is -0.379 e. The number of imide groups is 1. The molecule has 1 N–H and O–H groups in total. The predicted molar refractivity (Wildman–Crippen MR) is 96.3 cm³/mol. The number of amides is 3. The average molecular weight is 358 g/mol. The molecule has 3 saturated heterocycles. The molecule has 0 aliphatic carbocycles. The molecule has 3 aliphatic heterocycles. The highest BCUT2D eigenvalue weighted by Crippen LogP contribution is 2.29. The molecular weight excluding hydrogens is 332 g/mol. The van der Waals surface area contributed by atoms with Crippen molar-refractivity contribution < 1.29 is 14.3 Å². The Morgan fingerprint density at radius 1 is 1.04 bits per heavy atom. The van der Waals surface area contributed by atoms with Gasteiger partial charge in [0.1, 0.15) is 5.54 Å². The van der Waals surface area contributed by atoms with Gasteiger partial charge in [-0.15, -0.1) is 0 Å². The number of likely N-dealkylation sites (tertiary alicyclic amines) is 1. The van der Waals surface area contributed by atoms with Crippen LogP contribution in [-0.4, -0.2) is 78.2 Å². The number of urea groups is 1. The lowest BCUT2D eigenvalue weighted by Crippen LogP contribution is -2.58. The summed E-state index contributed by atoms with van der Waals surface area (Å²) in [6.45, 7) is 5.49. The maximum atomic E-state index is 13.1. The molecule has 1 spiro atoms. The Balaban J connectivity index is 1.43. The fourth-order valence-electron chi connectivity index (χ4n) is 4.14. The first kappa shape index (κ1) is 17.5. The summed E-state index contributed by atoms with van der Waals surface area (Å²) < 4.78 is 5.35. The summed E-state index contributed by atoms with van der Waals surface area (Å²) in [4.78, 5) is 31.4. The van der Waals surface area contributed by atoms with Crippen LogP contribution in [0, 0.1) is 0 Å². The van der Waals surface area contributed by atoms with E-state index < -0.39 is 5.54 Å². The van der Waals surface area contributed by atoms with Crippen molar-refractivity contribution in [3.63, 3.8) is 0 Å². The molecule has 3 aliphatic rings. The Bertz CT molecular complexity index is 662. The summed E-state index contributed by atoms with van der Waals surface area (Å²) in [6, 6.07) is 10.00. The molecule has 0 radical (unpaired) electrons. The van der Waals surface area contributed by atoms with Gasteiger partial charge in [0.25, 0.3) is 5.91 Å². The molecule has 140 valence electrons. The van der Waals surface area contributed by atoms with Crippen LogP contribution in [0.4, 0.5) is 4.79 Å². The Kier molecular flexibility index (Phi) is 4.93. The van der Waals surface area contributed by atoms with Gasteiger partial charge in [0, 0.05) is 26.2 Å². The number of piperidine rings is 1. The van der Waals surface area contributed by atoms with Gasteiger partial charge < -0.3 is 10.1 Å². The zero-order valence-electron chi connectivity index (χ0n) is 15.0. The van der Waals surface area contributed by atoms with Crippen LogP contribution in [0.2, 0.25) is 0 Å². The lowest BCUT2D eigenvalue weighted by atomic mass is 9.88. The van der Waals surface area contributed by atoms with Gasteiger partial charge >= 0.3 is 6.03 Å². The van der Waals surface area contributed by atoms with Crippen LogP contribution < -0.4 is 5.32 Å². The highest BCUT2D eigenvalue weighted by molar-refractivity contribution is 6.07. The van der Waals surface area contributed by atoms with Gasteiger partial charge in [-0.1, -0.05) is 30.3 Å². The first-order valence-corrected chi connectivity index (χ1v) is 9.37. The van der Waals surface area contributed by atoms with E-state index in [1.807, 2.05) is 18.2 Å². The minimum absolute atomic E-state index is 0.0771. The van der Waals surface area contributed by atoms with Gasteiger partial charge in [-0.05, 0) is 24.9 Å². The standard InChI is InChI=1S/C19H26N4O3/c24-17-19(20-18(25)23(17)15-21-9-11-26-12-10-21)7-4-8-22(14-19)13-16-5-2-1-3-6-16/h1-3,5-6H,4,7-15H2,(H,20,25). The van der Waals surface area contributed by atoms with Crippen molar-refractivity contribution >= 4 is 11.9 Å². The van der Waals surface area contributed by atoms with Crippen molar-refractivity contribution in [2.75, 3.05) is 46.1 Å². The summed E-state index contributed by atoms with van der Waals surface area (Å²) in [7, 11) is 0. The summed E-state index contributed by atoms with van der Waals surface area (Å²) in [5.41, 5.74) is 0.461. The second kappa shape index (κ2) is 7.34. The van der Waals surface area contributed by atoms with Crippen LogP contribution in [0.15, 0.2) is 30.3 Å². The van der Waals surface area contributed by atoms with Gasteiger partial charge in [0.15, 0.2) is 0 Å². The molecule has 26 heavy (non-hydrogen) atoms. The summed E-state index contributed by atoms with van der Waals surface area (Å²) >= 11 is 0. The number of hydrogen-bond acceptors (Lipinski definition) is 5. The Morgan fingerprint density at radius 2 is 1.81 bits per heavy atom. The van der Waals surface area contributed by atoms with Crippen LogP contribution in [0.25, 0.3) is 0 Å². The first-order chi connectivity index (χ1) is 12.7. The van der Waals surface area contributed by atoms with E-state index in [2.05, 4.69) is 27.2 Å². The lowest BCUT2D eigenvalue weighted by Gasteiger charge is -2.38. The topological polar surface area (TPSA) is 65.1 Å². The molecule has 4 rings (SSSR count). The molecule has 1 atom stereocenters. The minimum atomic E-state index is -0.767. The number of morpholine rings is 1. The number of nitrogens with zero attached hydrogens (tertiary/aromatic N) is 3. The second-order valence-corrected chi connectivity index (χ2v) is 7.42. The summed E-state index contributed by atoms with van der Waals surface area (Å²) in [5.74, 6) is -0.0771. The molecule has 3 fully saturated rings. The number of hydrogen-bond donors (Lipinski definition) is 1. The third-order valence-corrected chi connectivity index (χ3v) is 5.51. The largest absolute Gasteiger partial charge is 0.379 e. The zero-order chi connectivity index (χ0) is 18.0. The summed E-state index contributed by atoms with van der Waals surface area (Å²) in [6.07, 6.45) is 1.62. The van der Waals surface area contributed by atoms with Crippen molar-refractivity contribution in [1.82, 2.24) is 20.0 Å². The fourth-order valence-corrected chi connectivity index (χ4v) is 4.14. The number of rotatable bonds is 4. The molecule has 0 aromatic heterocycles. The lowest BCUT2D eigenvalue weighted by molar-refractivity contribution is -0.135. The van der Waals surface area contributed by atoms with Crippen LogP contribution in [0.3, 0.4) is 0 Å². The monoisotopic (exact) mass is 358 g/mol. The van der Waals surface area contributed by atoms with Gasteiger partial charge in [0.05, 0.1) is 19.9 Å². The van der Waals surface area contributed by atoms with Gasteiger partial charge in [-0.25, -0.2) is 9.69 Å². The van der Waals surface area contributed by atoms with E-state index in [1.54, 1.807) is 0 Å². The molecule has 0 saturated carbocycles. The van der Waals surface area contributed by atoms with Crippen LogP contribution in [0.5, 0.6) is 0 Å². The van der Waals surface area contributed by atoms with Gasteiger partial charge in [0.2, 0.25) is 0 Å². The molecule has 7 nitrogen and oxygen atoms in total. The van der Waals surface area contributed by atoms with Crippen molar-refractivity contribution in [3.8, 4) is 0 Å². The molecular formula is C19H26N4O3. The van der Waals surface area contributed by atoms with Crippen LogP contribution >= 0.6 is 0 Å².